The minimum Gasteiger partial charge on any atom is -0.305 e. The van der Waals surface area contributed by atoms with Gasteiger partial charge in [-0.05, 0) is 38.6 Å². The van der Waals surface area contributed by atoms with E-state index in [0.717, 1.165) is 18.5 Å². The van der Waals surface area contributed by atoms with Crippen LogP contribution in [0.25, 0.3) is 0 Å². The van der Waals surface area contributed by atoms with Crippen molar-refractivity contribution in [1.29, 1.82) is 0 Å². The average molecular weight is 226 g/mol. The van der Waals surface area contributed by atoms with Gasteiger partial charge in [-0.25, -0.2) is 5.90 Å². The molecular weight excluding hydrogens is 200 g/mol. The van der Waals surface area contributed by atoms with Crippen molar-refractivity contribution in [2.45, 2.75) is 69.9 Å². The van der Waals surface area contributed by atoms with Crippen LogP contribution in [-0.4, -0.2) is 30.1 Å². The number of nitrogens with two attached hydrogens (primary N) is 1. The van der Waals surface area contributed by atoms with Gasteiger partial charge in [0.15, 0.2) is 0 Å². The van der Waals surface area contributed by atoms with Gasteiger partial charge in [-0.2, -0.15) is 0 Å². The Morgan fingerprint density at radius 3 is 2.50 bits per heavy atom. The summed E-state index contributed by atoms with van der Waals surface area (Å²) in [6.07, 6.45) is 12.4. The third-order valence-electron chi connectivity index (χ3n) is 4.29. The maximum absolute atomic E-state index is 5.15. The highest BCUT2D eigenvalue weighted by molar-refractivity contribution is 4.84. The van der Waals surface area contributed by atoms with E-state index in [0.29, 0.717) is 6.61 Å². The molecule has 0 spiro atoms. The zero-order valence-corrected chi connectivity index (χ0v) is 10.4. The van der Waals surface area contributed by atoms with Gasteiger partial charge in [0.05, 0.1) is 6.61 Å². The fraction of sp³-hybridized carbons (Fsp3) is 1.00. The van der Waals surface area contributed by atoms with E-state index in [4.69, 9.17) is 10.7 Å². The fourth-order valence-corrected chi connectivity index (χ4v) is 3.43. The van der Waals surface area contributed by atoms with Crippen LogP contribution in [0.1, 0.15) is 57.8 Å². The van der Waals surface area contributed by atoms with Crippen molar-refractivity contribution in [2.75, 3.05) is 13.2 Å². The Balaban J connectivity index is 1.86. The van der Waals surface area contributed by atoms with Crippen LogP contribution in [0.2, 0.25) is 0 Å². The van der Waals surface area contributed by atoms with Gasteiger partial charge in [0.1, 0.15) is 0 Å². The third kappa shape index (κ3) is 3.19. The van der Waals surface area contributed by atoms with Crippen LogP contribution in [0.15, 0.2) is 0 Å². The third-order valence-corrected chi connectivity index (χ3v) is 4.29. The van der Waals surface area contributed by atoms with Crippen LogP contribution in [0.5, 0.6) is 0 Å². The van der Waals surface area contributed by atoms with Crippen LogP contribution < -0.4 is 5.90 Å². The minimum absolute atomic E-state index is 0.716. The van der Waals surface area contributed by atoms with E-state index in [1.165, 1.54) is 57.9 Å². The molecule has 2 N–H and O–H groups in total. The summed E-state index contributed by atoms with van der Waals surface area (Å²) in [5.74, 6) is 5.15. The average Bonchev–Trinajstić information content (AvgIpc) is 2.38. The maximum Gasteiger partial charge on any atom is 0.0694 e. The first-order valence-corrected chi connectivity index (χ1v) is 6.99. The summed E-state index contributed by atoms with van der Waals surface area (Å²) in [7, 11) is 0. The molecule has 1 saturated carbocycles. The molecule has 1 unspecified atom stereocenters. The van der Waals surface area contributed by atoms with Gasteiger partial charge in [0.2, 0.25) is 0 Å². The molecule has 1 heterocycles. The molecule has 16 heavy (non-hydrogen) atoms. The highest BCUT2D eigenvalue weighted by atomic mass is 16.6. The SMILES string of the molecule is NOCCC1CCCCN1C1CCCCC1. The van der Waals surface area contributed by atoms with E-state index in [-0.39, 0.29) is 0 Å². The smallest absolute Gasteiger partial charge is 0.0694 e. The standard InChI is InChI=1S/C13H26N2O/c14-16-11-9-13-8-4-5-10-15(13)12-6-2-1-3-7-12/h12-13H,1-11,14H2. The zero-order chi connectivity index (χ0) is 11.2. The van der Waals surface area contributed by atoms with Crippen LogP contribution >= 0.6 is 0 Å². The highest BCUT2D eigenvalue weighted by Crippen LogP contribution is 2.29. The van der Waals surface area contributed by atoms with Gasteiger partial charge in [0.25, 0.3) is 0 Å². The quantitative estimate of drug-likeness (QED) is 0.748. The van der Waals surface area contributed by atoms with Crippen LogP contribution in [-0.2, 0) is 4.84 Å². The van der Waals surface area contributed by atoms with Gasteiger partial charge in [-0.15, -0.1) is 0 Å². The molecule has 1 aliphatic carbocycles. The molecule has 1 atom stereocenters. The Morgan fingerprint density at radius 1 is 1.00 bits per heavy atom. The molecule has 0 amide bonds. The molecular formula is C13H26N2O. The van der Waals surface area contributed by atoms with Gasteiger partial charge >= 0.3 is 0 Å². The molecule has 1 aliphatic heterocycles. The van der Waals surface area contributed by atoms with Crippen molar-refractivity contribution >= 4 is 0 Å². The van der Waals surface area contributed by atoms with Gasteiger partial charge in [-0.3, -0.25) is 4.90 Å². The molecule has 0 aromatic heterocycles. The normalized spacial score (nSPS) is 29.4. The second-order valence-electron chi connectivity index (χ2n) is 5.34. The summed E-state index contributed by atoms with van der Waals surface area (Å²) in [6.45, 7) is 2.02. The minimum atomic E-state index is 0.716. The topological polar surface area (TPSA) is 38.5 Å². The molecule has 94 valence electrons. The van der Waals surface area contributed by atoms with E-state index < -0.39 is 0 Å². The number of hydrogen-bond acceptors (Lipinski definition) is 3. The second-order valence-corrected chi connectivity index (χ2v) is 5.34. The Labute approximate surface area is 99.3 Å². The Morgan fingerprint density at radius 2 is 1.75 bits per heavy atom. The largest absolute Gasteiger partial charge is 0.305 e. The van der Waals surface area contributed by atoms with Gasteiger partial charge < -0.3 is 4.84 Å². The first kappa shape index (κ1) is 12.3. The predicted octanol–water partition coefficient (Wildman–Crippen LogP) is 2.45. The van der Waals surface area contributed by atoms with Gasteiger partial charge in [-0.1, -0.05) is 25.7 Å². The van der Waals surface area contributed by atoms with E-state index >= 15 is 0 Å². The van der Waals surface area contributed by atoms with E-state index in [1.54, 1.807) is 0 Å². The number of piperidine rings is 1. The molecule has 2 aliphatic rings. The van der Waals surface area contributed by atoms with Crippen molar-refractivity contribution in [3.63, 3.8) is 0 Å². The Hall–Kier alpha value is -0.120. The Kier molecular flexibility index (Phi) is 5.07. The summed E-state index contributed by atoms with van der Waals surface area (Å²) in [6, 6.07) is 1.59. The summed E-state index contributed by atoms with van der Waals surface area (Å²) >= 11 is 0. The molecule has 0 bridgehead atoms. The number of hydrogen-bond donors (Lipinski definition) is 1. The van der Waals surface area contributed by atoms with Crippen molar-refractivity contribution in [3.05, 3.63) is 0 Å². The molecule has 1 saturated heterocycles. The lowest BCUT2D eigenvalue weighted by Gasteiger charge is -2.42. The highest BCUT2D eigenvalue weighted by Gasteiger charge is 2.29. The van der Waals surface area contributed by atoms with Crippen LogP contribution in [0.4, 0.5) is 0 Å². The van der Waals surface area contributed by atoms with E-state index in [9.17, 15) is 0 Å². The van der Waals surface area contributed by atoms with Gasteiger partial charge in [0, 0.05) is 12.1 Å². The summed E-state index contributed by atoms with van der Waals surface area (Å²) < 4.78 is 0. The maximum atomic E-state index is 5.15. The second kappa shape index (κ2) is 6.58. The number of likely N-dealkylation sites (tertiary alicyclic amines) is 1. The Bertz CT molecular complexity index is 192. The summed E-state index contributed by atoms with van der Waals surface area (Å²) in [5, 5.41) is 0. The van der Waals surface area contributed by atoms with Crippen molar-refractivity contribution in [3.8, 4) is 0 Å². The lowest BCUT2D eigenvalue weighted by molar-refractivity contribution is 0.0421. The number of rotatable bonds is 4. The zero-order valence-electron chi connectivity index (χ0n) is 10.4. The van der Waals surface area contributed by atoms with Crippen molar-refractivity contribution in [1.82, 2.24) is 4.90 Å². The molecule has 2 rings (SSSR count). The summed E-state index contributed by atoms with van der Waals surface area (Å²) in [4.78, 5) is 7.52. The fourth-order valence-electron chi connectivity index (χ4n) is 3.43. The number of nitrogens with zero attached hydrogens (tertiary/aromatic N) is 1. The first-order chi connectivity index (χ1) is 7.92. The molecule has 0 aromatic rings. The van der Waals surface area contributed by atoms with E-state index in [2.05, 4.69) is 4.90 Å². The predicted molar refractivity (Wildman–Crippen MR) is 66.0 cm³/mol. The monoisotopic (exact) mass is 226 g/mol. The van der Waals surface area contributed by atoms with Crippen LogP contribution in [0.3, 0.4) is 0 Å². The van der Waals surface area contributed by atoms with E-state index in [1.807, 2.05) is 0 Å². The molecule has 2 fully saturated rings. The summed E-state index contributed by atoms with van der Waals surface area (Å²) in [5.41, 5.74) is 0. The first-order valence-electron chi connectivity index (χ1n) is 6.99. The molecule has 3 heteroatoms. The molecule has 0 radical (unpaired) electrons. The van der Waals surface area contributed by atoms with Crippen LogP contribution in [0, 0.1) is 0 Å². The lowest BCUT2D eigenvalue weighted by atomic mass is 9.89. The molecule has 0 aromatic carbocycles. The molecule has 3 nitrogen and oxygen atoms in total. The van der Waals surface area contributed by atoms with Crippen molar-refractivity contribution < 1.29 is 4.84 Å². The lowest BCUT2D eigenvalue weighted by Crippen LogP contribution is -2.47. The van der Waals surface area contributed by atoms with Crippen molar-refractivity contribution in [2.24, 2.45) is 5.90 Å².